The van der Waals surface area contributed by atoms with Crippen LogP contribution in [0.5, 0.6) is 0 Å². The maximum absolute atomic E-state index is 12.1. The van der Waals surface area contributed by atoms with Gasteiger partial charge in [0.05, 0.1) is 24.4 Å². The summed E-state index contributed by atoms with van der Waals surface area (Å²) in [5.74, 6) is -0.00629. The molecule has 1 aliphatic rings. The lowest BCUT2D eigenvalue weighted by Crippen LogP contribution is -2.44. The molecule has 7 nitrogen and oxygen atoms in total. The maximum atomic E-state index is 12.1. The average Bonchev–Trinajstić information content (AvgIpc) is 2.50. The summed E-state index contributed by atoms with van der Waals surface area (Å²) in [6.07, 6.45) is 3.47. The van der Waals surface area contributed by atoms with E-state index in [1.165, 1.54) is 4.68 Å². The molecule has 0 aliphatic carbocycles. The van der Waals surface area contributed by atoms with Gasteiger partial charge in [0.15, 0.2) is 0 Å². The van der Waals surface area contributed by atoms with Crippen molar-refractivity contribution >= 4 is 11.6 Å². The number of carbonyl (C=O) groups excluding carboxylic acids is 1. The second-order valence-electron chi connectivity index (χ2n) is 5.24. The molecule has 1 amide bonds. The number of aromatic nitrogens is 2. The molecule has 1 aromatic rings. The van der Waals surface area contributed by atoms with Crippen LogP contribution in [0, 0.1) is 5.92 Å². The van der Waals surface area contributed by atoms with Crippen molar-refractivity contribution in [3.8, 4) is 0 Å². The summed E-state index contributed by atoms with van der Waals surface area (Å²) < 4.78 is 6.22. The van der Waals surface area contributed by atoms with Crippen molar-refractivity contribution in [1.82, 2.24) is 15.1 Å². The van der Waals surface area contributed by atoms with Crippen molar-refractivity contribution in [3.63, 3.8) is 0 Å². The van der Waals surface area contributed by atoms with Crippen molar-refractivity contribution in [3.05, 3.63) is 22.6 Å². The van der Waals surface area contributed by atoms with Crippen LogP contribution in [0.25, 0.3) is 0 Å². The highest BCUT2D eigenvalue weighted by atomic mass is 16.5. The molecular weight excluding hydrogens is 272 g/mol. The largest absolute Gasteiger partial charge is 0.383 e. The third kappa shape index (κ3) is 4.04. The third-order valence-electron chi connectivity index (χ3n) is 3.72. The quantitative estimate of drug-likeness (QED) is 0.759. The first-order valence-corrected chi connectivity index (χ1v) is 7.17. The van der Waals surface area contributed by atoms with Gasteiger partial charge in [-0.1, -0.05) is 0 Å². The van der Waals surface area contributed by atoms with E-state index in [9.17, 15) is 9.59 Å². The van der Waals surface area contributed by atoms with Crippen LogP contribution in [-0.4, -0.2) is 49.0 Å². The van der Waals surface area contributed by atoms with E-state index in [1.54, 1.807) is 26.4 Å². The molecule has 1 aromatic heterocycles. The summed E-state index contributed by atoms with van der Waals surface area (Å²) in [5.41, 5.74) is 0.645. The van der Waals surface area contributed by atoms with Gasteiger partial charge in [0.2, 0.25) is 5.91 Å². The molecule has 2 rings (SSSR count). The van der Waals surface area contributed by atoms with E-state index in [4.69, 9.17) is 4.74 Å². The van der Waals surface area contributed by atoms with Gasteiger partial charge in [-0.3, -0.25) is 9.59 Å². The molecule has 1 N–H and O–H groups in total. The Balaban J connectivity index is 1.98. The normalized spacial score (nSPS) is 18.6. The van der Waals surface area contributed by atoms with E-state index in [0.29, 0.717) is 19.7 Å². The van der Waals surface area contributed by atoms with Crippen LogP contribution in [0.3, 0.4) is 0 Å². The van der Waals surface area contributed by atoms with Crippen molar-refractivity contribution in [1.29, 1.82) is 0 Å². The number of aryl methyl sites for hydroxylation is 1. The first-order valence-electron chi connectivity index (χ1n) is 7.17. The number of hydrogen-bond donors (Lipinski definition) is 1. The van der Waals surface area contributed by atoms with E-state index in [2.05, 4.69) is 15.3 Å². The van der Waals surface area contributed by atoms with Gasteiger partial charge in [-0.05, 0) is 12.8 Å². The number of rotatable bonds is 5. The molecule has 0 bridgehead atoms. The highest BCUT2D eigenvalue weighted by Gasteiger charge is 2.26. The summed E-state index contributed by atoms with van der Waals surface area (Å²) in [5, 5.41) is 6.90. The topological polar surface area (TPSA) is 76.5 Å². The third-order valence-corrected chi connectivity index (χ3v) is 3.72. The van der Waals surface area contributed by atoms with E-state index in [0.717, 1.165) is 25.1 Å². The summed E-state index contributed by atoms with van der Waals surface area (Å²) in [6.45, 7) is 2.50. The number of hydrogen-bond acceptors (Lipinski definition) is 5. The lowest BCUT2D eigenvalue weighted by atomic mass is 9.97. The van der Waals surface area contributed by atoms with Gasteiger partial charge in [0.25, 0.3) is 5.56 Å². The predicted octanol–water partition coefficient (Wildman–Crippen LogP) is -0.241. The number of nitrogens with one attached hydrogen (secondary N) is 1. The van der Waals surface area contributed by atoms with E-state index >= 15 is 0 Å². The number of ether oxygens (including phenoxy) is 1. The van der Waals surface area contributed by atoms with E-state index in [1.807, 2.05) is 0 Å². The molecule has 0 unspecified atom stereocenters. The molecule has 116 valence electrons. The maximum Gasteiger partial charge on any atom is 0.268 e. The second kappa shape index (κ2) is 7.21. The first kappa shape index (κ1) is 15.5. The Kier molecular flexibility index (Phi) is 5.32. The standard InChI is InChI=1S/C14H22N4O3/c1-17-13(19)8-12(9-16-17)18-6-3-4-11(10-18)14(20)15-5-7-21-2/h8-9,11H,3-7,10H2,1-2H3,(H,15,20)/t11-/m1/s1. The zero-order valence-corrected chi connectivity index (χ0v) is 12.5. The molecule has 21 heavy (non-hydrogen) atoms. The molecule has 0 spiro atoms. The van der Waals surface area contributed by atoms with Crippen LogP contribution in [0.4, 0.5) is 5.69 Å². The summed E-state index contributed by atoms with van der Waals surface area (Å²) in [7, 11) is 3.23. The van der Waals surface area contributed by atoms with E-state index < -0.39 is 0 Å². The minimum absolute atomic E-state index is 0.0496. The number of piperidine rings is 1. The Bertz CT molecular complexity index is 543. The van der Waals surface area contributed by atoms with Gasteiger partial charge in [-0.15, -0.1) is 0 Å². The van der Waals surface area contributed by atoms with Crippen molar-refractivity contribution in [2.45, 2.75) is 12.8 Å². The zero-order chi connectivity index (χ0) is 15.2. The van der Waals surface area contributed by atoms with Crippen LogP contribution in [0.1, 0.15) is 12.8 Å². The van der Waals surface area contributed by atoms with Gasteiger partial charge >= 0.3 is 0 Å². The molecular formula is C14H22N4O3. The van der Waals surface area contributed by atoms with Crippen LogP contribution in [-0.2, 0) is 16.6 Å². The van der Waals surface area contributed by atoms with Crippen molar-refractivity contribution in [2.75, 3.05) is 38.3 Å². The van der Waals surface area contributed by atoms with Crippen LogP contribution in [0.15, 0.2) is 17.1 Å². The SMILES string of the molecule is COCCNC(=O)[C@@H]1CCCN(c2cnn(C)c(=O)c2)C1. The van der Waals surface area contributed by atoms with Crippen LogP contribution in [0.2, 0.25) is 0 Å². The first-order chi connectivity index (χ1) is 10.1. The highest BCUT2D eigenvalue weighted by molar-refractivity contribution is 5.79. The molecule has 7 heteroatoms. The number of anilines is 1. The molecule has 2 heterocycles. The fourth-order valence-corrected chi connectivity index (χ4v) is 2.48. The summed E-state index contributed by atoms with van der Waals surface area (Å²) >= 11 is 0. The summed E-state index contributed by atoms with van der Waals surface area (Å²) in [4.78, 5) is 25.8. The van der Waals surface area contributed by atoms with Gasteiger partial charge in [-0.25, -0.2) is 4.68 Å². The minimum Gasteiger partial charge on any atom is -0.383 e. The number of methoxy groups -OCH3 is 1. The Hall–Kier alpha value is -1.89. The van der Waals surface area contributed by atoms with Crippen LogP contribution >= 0.6 is 0 Å². The van der Waals surface area contributed by atoms with Gasteiger partial charge < -0.3 is 15.0 Å². The Morgan fingerprint density at radius 1 is 1.57 bits per heavy atom. The molecule has 0 aromatic carbocycles. The summed E-state index contributed by atoms with van der Waals surface area (Å²) in [6, 6.07) is 1.57. The smallest absolute Gasteiger partial charge is 0.268 e. The molecule has 0 radical (unpaired) electrons. The molecule has 1 fully saturated rings. The fraction of sp³-hybridized carbons (Fsp3) is 0.643. The van der Waals surface area contributed by atoms with Crippen molar-refractivity contribution < 1.29 is 9.53 Å². The lowest BCUT2D eigenvalue weighted by molar-refractivity contribution is -0.125. The number of amides is 1. The molecule has 1 saturated heterocycles. The minimum atomic E-state index is -0.140. The molecule has 0 saturated carbocycles. The highest BCUT2D eigenvalue weighted by Crippen LogP contribution is 2.21. The Morgan fingerprint density at radius 3 is 3.10 bits per heavy atom. The molecule has 1 aliphatic heterocycles. The second-order valence-corrected chi connectivity index (χ2v) is 5.24. The van der Waals surface area contributed by atoms with Gasteiger partial charge in [-0.2, -0.15) is 5.10 Å². The average molecular weight is 294 g/mol. The Morgan fingerprint density at radius 2 is 2.38 bits per heavy atom. The van der Waals surface area contributed by atoms with Crippen LogP contribution < -0.4 is 15.8 Å². The molecule has 1 atom stereocenters. The fourth-order valence-electron chi connectivity index (χ4n) is 2.48. The zero-order valence-electron chi connectivity index (χ0n) is 12.5. The van der Waals surface area contributed by atoms with Crippen molar-refractivity contribution in [2.24, 2.45) is 13.0 Å². The van der Waals surface area contributed by atoms with Gasteiger partial charge in [0, 0.05) is 39.9 Å². The number of nitrogens with zero attached hydrogens (tertiary/aromatic N) is 3. The predicted molar refractivity (Wildman–Crippen MR) is 79.3 cm³/mol. The monoisotopic (exact) mass is 294 g/mol. The lowest BCUT2D eigenvalue weighted by Gasteiger charge is -2.33. The van der Waals surface area contributed by atoms with E-state index in [-0.39, 0.29) is 17.4 Å². The Labute approximate surface area is 123 Å². The van der Waals surface area contributed by atoms with Gasteiger partial charge in [0.1, 0.15) is 0 Å². The number of carbonyl (C=O) groups is 1.